The monoisotopic (exact) mass is 495 g/mol. The number of amides is 3. The minimum atomic E-state index is -0.873. The fraction of sp³-hybridized carbons (Fsp3) is 0.464. The summed E-state index contributed by atoms with van der Waals surface area (Å²) < 4.78 is 10.5. The quantitative estimate of drug-likeness (QED) is 0.539. The molecule has 0 radical (unpaired) electrons. The summed E-state index contributed by atoms with van der Waals surface area (Å²) in [6, 6.07) is 12.8. The molecule has 1 fully saturated rings. The van der Waals surface area contributed by atoms with Gasteiger partial charge in [0.25, 0.3) is 5.91 Å². The molecule has 2 atom stereocenters. The van der Waals surface area contributed by atoms with Gasteiger partial charge in [0.05, 0.1) is 7.11 Å². The summed E-state index contributed by atoms with van der Waals surface area (Å²) in [6.45, 7) is 8.87. The highest BCUT2D eigenvalue weighted by Crippen LogP contribution is 2.34. The van der Waals surface area contributed by atoms with Crippen LogP contribution in [-0.4, -0.2) is 47.6 Å². The van der Waals surface area contributed by atoms with Crippen molar-refractivity contribution in [3.63, 3.8) is 0 Å². The number of aryl methyl sites for hydroxylation is 1. The first-order valence-corrected chi connectivity index (χ1v) is 12.3. The van der Waals surface area contributed by atoms with E-state index in [-0.39, 0.29) is 17.9 Å². The molecule has 0 bridgehead atoms. The predicted molar refractivity (Wildman–Crippen MR) is 139 cm³/mol. The van der Waals surface area contributed by atoms with Gasteiger partial charge in [0.2, 0.25) is 5.91 Å². The number of hydrogen-bond acceptors (Lipinski definition) is 5. The minimum Gasteiger partial charge on any atom is -0.497 e. The van der Waals surface area contributed by atoms with Gasteiger partial charge in [-0.15, -0.1) is 0 Å². The van der Waals surface area contributed by atoms with Crippen LogP contribution >= 0.6 is 0 Å². The molecule has 0 heterocycles. The van der Waals surface area contributed by atoms with Crippen LogP contribution in [0.25, 0.3) is 0 Å². The van der Waals surface area contributed by atoms with Gasteiger partial charge in [-0.3, -0.25) is 9.59 Å². The fourth-order valence-electron chi connectivity index (χ4n) is 4.02. The molecule has 2 aromatic rings. The molecule has 0 aliphatic heterocycles. The molecule has 1 aliphatic rings. The Kier molecular flexibility index (Phi) is 8.61. The smallest absolute Gasteiger partial charge is 0.408 e. The molecule has 0 aromatic heterocycles. The summed E-state index contributed by atoms with van der Waals surface area (Å²) in [6.07, 6.45) is 1.89. The number of nitrogens with one attached hydrogen (secondary N) is 2. The molecule has 2 aromatic carbocycles. The zero-order valence-electron chi connectivity index (χ0n) is 22.0. The van der Waals surface area contributed by atoms with E-state index in [1.54, 1.807) is 64.0 Å². The molecule has 2 unspecified atom stereocenters. The van der Waals surface area contributed by atoms with Crippen LogP contribution in [0.2, 0.25) is 0 Å². The van der Waals surface area contributed by atoms with Gasteiger partial charge in [0.15, 0.2) is 0 Å². The van der Waals surface area contributed by atoms with Gasteiger partial charge in [0.1, 0.15) is 23.4 Å². The lowest BCUT2D eigenvalue weighted by molar-refractivity contribution is -0.145. The number of carbonyl (C=O) groups excluding carboxylic acids is 3. The lowest BCUT2D eigenvalue weighted by Crippen LogP contribution is -2.56. The third-order valence-corrected chi connectivity index (χ3v) is 6.10. The molecule has 3 amide bonds. The van der Waals surface area contributed by atoms with E-state index in [1.165, 1.54) is 0 Å². The molecule has 8 heteroatoms. The molecule has 1 saturated carbocycles. The highest BCUT2D eigenvalue weighted by Gasteiger charge is 2.41. The average molecular weight is 496 g/mol. The van der Waals surface area contributed by atoms with Crippen LogP contribution in [0.4, 0.5) is 10.5 Å². The average Bonchev–Trinajstić information content (AvgIpc) is 2.77. The number of nitrogens with zero attached hydrogens (tertiary/aromatic N) is 1. The zero-order chi connectivity index (χ0) is 26.5. The highest BCUT2D eigenvalue weighted by molar-refractivity contribution is 5.99. The Morgan fingerprint density at radius 1 is 1.00 bits per heavy atom. The molecular weight excluding hydrogens is 458 g/mol. The van der Waals surface area contributed by atoms with E-state index in [1.807, 2.05) is 31.2 Å². The number of carbonyl (C=O) groups is 3. The van der Waals surface area contributed by atoms with Gasteiger partial charge in [-0.1, -0.05) is 29.8 Å². The van der Waals surface area contributed by atoms with E-state index < -0.39 is 23.8 Å². The largest absolute Gasteiger partial charge is 0.497 e. The lowest BCUT2D eigenvalue weighted by atomic mass is 9.88. The van der Waals surface area contributed by atoms with Crippen molar-refractivity contribution < 1.29 is 23.9 Å². The van der Waals surface area contributed by atoms with E-state index in [9.17, 15) is 14.4 Å². The van der Waals surface area contributed by atoms with Gasteiger partial charge >= 0.3 is 6.09 Å². The van der Waals surface area contributed by atoms with Crippen molar-refractivity contribution in [2.75, 3.05) is 12.4 Å². The van der Waals surface area contributed by atoms with Gasteiger partial charge < -0.3 is 25.0 Å². The van der Waals surface area contributed by atoms with E-state index in [0.29, 0.717) is 17.0 Å². The molecule has 36 heavy (non-hydrogen) atoms. The molecule has 194 valence electrons. The van der Waals surface area contributed by atoms with Crippen LogP contribution in [0.15, 0.2) is 48.5 Å². The summed E-state index contributed by atoms with van der Waals surface area (Å²) in [5.41, 5.74) is 1.66. The molecule has 0 spiro atoms. The molecule has 8 nitrogen and oxygen atoms in total. The summed E-state index contributed by atoms with van der Waals surface area (Å²) in [5.74, 6) is 0.0196. The Morgan fingerprint density at radius 3 is 2.11 bits per heavy atom. The first kappa shape index (κ1) is 27.0. The van der Waals surface area contributed by atoms with Crippen molar-refractivity contribution in [2.45, 2.75) is 77.6 Å². The maximum Gasteiger partial charge on any atom is 0.408 e. The third-order valence-electron chi connectivity index (χ3n) is 6.10. The van der Waals surface area contributed by atoms with Crippen molar-refractivity contribution in [3.8, 4) is 5.75 Å². The van der Waals surface area contributed by atoms with Gasteiger partial charge in [0, 0.05) is 11.7 Å². The number of rotatable bonds is 8. The van der Waals surface area contributed by atoms with Crippen molar-refractivity contribution in [1.29, 1.82) is 0 Å². The normalized spacial score (nSPS) is 15.2. The van der Waals surface area contributed by atoms with Crippen molar-refractivity contribution in [3.05, 3.63) is 59.7 Å². The van der Waals surface area contributed by atoms with Gasteiger partial charge in [-0.05, 0) is 83.7 Å². The maximum atomic E-state index is 13.8. The van der Waals surface area contributed by atoms with Crippen LogP contribution in [-0.2, 0) is 14.3 Å². The second-order valence-corrected chi connectivity index (χ2v) is 10.2. The molecular formula is C28H37N3O5. The Morgan fingerprint density at radius 2 is 1.61 bits per heavy atom. The van der Waals surface area contributed by atoms with Gasteiger partial charge in [-0.25, -0.2) is 4.79 Å². The second-order valence-electron chi connectivity index (χ2n) is 10.2. The van der Waals surface area contributed by atoms with Gasteiger partial charge in [-0.2, -0.15) is 0 Å². The van der Waals surface area contributed by atoms with E-state index >= 15 is 0 Å². The number of anilines is 1. The predicted octanol–water partition coefficient (Wildman–Crippen LogP) is 4.98. The minimum absolute atomic E-state index is 0.103. The number of methoxy groups -OCH3 is 1. The first-order valence-electron chi connectivity index (χ1n) is 12.3. The Balaban J connectivity index is 1.91. The van der Waals surface area contributed by atoms with Crippen LogP contribution in [0.5, 0.6) is 5.75 Å². The van der Waals surface area contributed by atoms with Crippen LogP contribution < -0.4 is 15.4 Å². The van der Waals surface area contributed by atoms with E-state index in [4.69, 9.17) is 9.47 Å². The summed E-state index contributed by atoms with van der Waals surface area (Å²) in [5, 5.41) is 5.59. The van der Waals surface area contributed by atoms with Crippen molar-refractivity contribution in [1.82, 2.24) is 10.2 Å². The third kappa shape index (κ3) is 6.99. The topological polar surface area (TPSA) is 97.0 Å². The molecule has 2 N–H and O–H groups in total. The summed E-state index contributed by atoms with van der Waals surface area (Å²) in [7, 11) is 1.58. The molecule has 0 saturated heterocycles. The SMILES string of the molecule is COc1ccc(NC(=O)C(c2ccc(C)cc2)N(C(=O)C(C)NC(=O)OC(C)(C)C)C2CCC2)cc1. The van der Waals surface area contributed by atoms with E-state index in [0.717, 1.165) is 24.8 Å². The summed E-state index contributed by atoms with van der Waals surface area (Å²) >= 11 is 0. The molecule has 3 rings (SSSR count). The molecule has 1 aliphatic carbocycles. The van der Waals surface area contributed by atoms with Crippen molar-refractivity contribution >= 4 is 23.6 Å². The maximum absolute atomic E-state index is 13.8. The lowest BCUT2D eigenvalue weighted by Gasteiger charge is -2.43. The fourth-order valence-corrected chi connectivity index (χ4v) is 4.02. The van der Waals surface area contributed by atoms with E-state index in [2.05, 4.69) is 10.6 Å². The number of benzene rings is 2. The standard InChI is InChI=1S/C28H37N3O5/c1-18-10-12-20(13-11-18)24(25(32)30-21-14-16-23(35-6)17-15-21)31(22-8-7-9-22)26(33)19(2)29-27(34)36-28(3,4)5/h10-17,19,22,24H,7-9H2,1-6H3,(H,29,34)(H,30,32). The summed E-state index contributed by atoms with van der Waals surface area (Å²) in [4.78, 5) is 41.5. The Bertz CT molecular complexity index is 1060. The number of ether oxygens (including phenoxy) is 2. The number of hydrogen-bond donors (Lipinski definition) is 2. The first-order chi connectivity index (χ1) is 17.0. The van der Waals surface area contributed by atoms with Crippen molar-refractivity contribution in [2.24, 2.45) is 0 Å². The second kappa shape index (κ2) is 11.5. The highest BCUT2D eigenvalue weighted by atomic mass is 16.6. The number of alkyl carbamates (subject to hydrolysis) is 1. The Hall–Kier alpha value is -3.55. The van der Waals surface area contributed by atoms with Crippen LogP contribution in [0, 0.1) is 6.92 Å². The zero-order valence-corrected chi connectivity index (χ0v) is 22.0. The van der Waals surface area contributed by atoms with Crippen LogP contribution in [0.3, 0.4) is 0 Å². The Labute approximate surface area is 213 Å². The van der Waals surface area contributed by atoms with Crippen LogP contribution in [0.1, 0.15) is 64.1 Å².